The lowest BCUT2D eigenvalue weighted by Gasteiger charge is -2.31. The molecule has 33 heavy (non-hydrogen) atoms. The highest BCUT2D eigenvalue weighted by atomic mass is 31.2. The summed E-state index contributed by atoms with van der Waals surface area (Å²) in [6.45, 7) is 0.0626. The van der Waals surface area contributed by atoms with Crippen LogP contribution in [0, 0.1) is 11.8 Å². The Morgan fingerprint density at radius 1 is 1.15 bits per heavy atom. The molecule has 5 atom stereocenters. The standard InChI is InChI=1S/C24H39N2O6P/c1-25(2)24(29)14-10-5-4-9-13-20-21(23(28)17-22(20)27)18-26(32-3)33(30,31)16-15-19-11-7-6-8-12-19/h4,6-9,11-12,20-23,27-28H,5,10,13-18H2,1-3H3,(H,30,31)/t20?,21-,22+,23-/m1/s1. The maximum absolute atomic E-state index is 13.0. The highest BCUT2D eigenvalue weighted by Crippen LogP contribution is 2.48. The van der Waals surface area contributed by atoms with Crippen LogP contribution in [0.2, 0.25) is 0 Å². The Hall–Kier alpha value is -1.54. The van der Waals surface area contributed by atoms with Crippen LogP contribution in [0.25, 0.3) is 0 Å². The van der Waals surface area contributed by atoms with Gasteiger partial charge in [0.2, 0.25) is 5.91 Å². The van der Waals surface area contributed by atoms with E-state index < -0.39 is 25.6 Å². The smallest absolute Gasteiger partial charge is 0.292 e. The fourth-order valence-corrected chi connectivity index (χ4v) is 5.74. The number of aliphatic hydroxyl groups is 2. The van der Waals surface area contributed by atoms with Crippen LogP contribution >= 0.6 is 7.52 Å². The van der Waals surface area contributed by atoms with Crippen molar-refractivity contribution in [2.24, 2.45) is 11.8 Å². The zero-order chi connectivity index (χ0) is 24.4. The van der Waals surface area contributed by atoms with Gasteiger partial charge in [-0.1, -0.05) is 42.5 Å². The maximum atomic E-state index is 13.0. The van der Waals surface area contributed by atoms with Gasteiger partial charge in [0, 0.05) is 39.1 Å². The van der Waals surface area contributed by atoms with E-state index in [1.54, 1.807) is 19.0 Å². The molecule has 1 aliphatic carbocycles. The zero-order valence-corrected chi connectivity index (χ0v) is 20.8. The third kappa shape index (κ3) is 8.63. The first-order chi connectivity index (χ1) is 15.7. The first-order valence-electron chi connectivity index (χ1n) is 11.5. The molecule has 0 heterocycles. The van der Waals surface area contributed by atoms with Crippen molar-refractivity contribution >= 4 is 13.4 Å². The third-order valence-corrected chi connectivity index (χ3v) is 8.15. The van der Waals surface area contributed by atoms with Gasteiger partial charge < -0.3 is 20.0 Å². The van der Waals surface area contributed by atoms with Gasteiger partial charge in [0.25, 0.3) is 7.52 Å². The van der Waals surface area contributed by atoms with Gasteiger partial charge >= 0.3 is 0 Å². The minimum absolute atomic E-state index is 0.0342. The summed E-state index contributed by atoms with van der Waals surface area (Å²) in [6, 6.07) is 9.49. The Bertz CT molecular complexity index is 803. The molecule has 2 unspecified atom stereocenters. The summed E-state index contributed by atoms with van der Waals surface area (Å²) in [4.78, 5) is 30.2. The molecule has 0 spiro atoms. The Morgan fingerprint density at radius 3 is 2.45 bits per heavy atom. The zero-order valence-electron chi connectivity index (χ0n) is 19.9. The Kier molecular flexibility index (Phi) is 11.2. The lowest BCUT2D eigenvalue weighted by Crippen LogP contribution is -2.34. The monoisotopic (exact) mass is 482 g/mol. The van der Waals surface area contributed by atoms with E-state index in [9.17, 15) is 24.5 Å². The lowest BCUT2D eigenvalue weighted by molar-refractivity contribution is -0.128. The van der Waals surface area contributed by atoms with Crippen LogP contribution in [0.1, 0.15) is 37.7 Å². The number of carbonyl (C=O) groups is 1. The number of hydroxylamine groups is 1. The minimum Gasteiger partial charge on any atom is -0.393 e. The van der Waals surface area contributed by atoms with E-state index in [4.69, 9.17) is 4.84 Å². The van der Waals surface area contributed by atoms with E-state index >= 15 is 0 Å². The summed E-state index contributed by atoms with van der Waals surface area (Å²) >= 11 is 0. The van der Waals surface area contributed by atoms with E-state index in [1.165, 1.54) is 7.11 Å². The summed E-state index contributed by atoms with van der Waals surface area (Å²) in [7, 11) is 1.04. The van der Waals surface area contributed by atoms with Gasteiger partial charge in [0.1, 0.15) is 0 Å². The van der Waals surface area contributed by atoms with Crippen LogP contribution in [-0.4, -0.2) is 76.9 Å². The number of hydrogen-bond donors (Lipinski definition) is 3. The van der Waals surface area contributed by atoms with E-state index in [2.05, 4.69) is 0 Å². The van der Waals surface area contributed by atoms with Crippen molar-refractivity contribution in [3.8, 4) is 0 Å². The van der Waals surface area contributed by atoms with Crippen molar-refractivity contribution in [3.63, 3.8) is 0 Å². The van der Waals surface area contributed by atoms with E-state index in [0.29, 0.717) is 19.3 Å². The summed E-state index contributed by atoms with van der Waals surface area (Å²) in [5.74, 6) is -0.540. The van der Waals surface area contributed by atoms with E-state index in [0.717, 1.165) is 23.2 Å². The number of amides is 1. The molecule has 1 aliphatic rings. The topological polar surface area (TPSA) is 111 Å². The average Bonchev–Trinajstić information content (AvgIpc) is 3.05. The molecular weight excluding hydrogens is 443 g/mol. The van der Waals surface area contributed by atoms with Gasteiger partial charge in [0.15, 0.2) is 0 Å². The molecule has 0 bridgehead atoms. The summed E-state index contributed by atoms with van der Waals surface area (Å²) in [6.07, 6.45) is 5.73. The van der Waals surface area contributed by atoms with Crippen molar-refractivity contribution in [1.82, 2.24) is 9.73 Å². The van der Waals surface area contributed by atoms with Gasteiger partial charge in [-0.25, -0.2) is 0 Å². The van der Waals surface area contributed by atoms with Crippen molar-refractivity contribution in [2.45, 2.75) is 50.7 Å². The molecule has 0 aliphatic heterocycles. The maximum Gasteiger partial charge on any atom is 0.292 e. The van der Waals surface area contributed by atoms with Crippen molar-refractivity contribution in [2.75, 3.05) is 33.9 Å². The lowest BCUT2D eigenvalue weighted by atomic mass is 9.90. The summed E-state index contributed by atoms with van der Waals surface area (Å²) in [5, 5.41) is 21.0. The van der Waals surface area contributed by atoms with Crippen LogP contribution in [0.4, 0.5) is 0 Å². The second-order valence-corrected chi connectivity index (χ2v) is 11.1. The Morgan fingerprint density at radius 2 is 1.82 bits per heavy atom. The van der Waals surface area contributed by atoms with Crippen molar-refractivity contribution in [1.29, 1.82) is 0 Å². The van der Waals surface area contributed by atoms with Crippen LogP contribution in [0.15, 0.2) is 42.5 Å². The molecule has 0 radical (unpaired) electrons. The highest BCUT2D eigenvalue weighted by Gasteiger charge is 2.44. The minimum atomic E-state index is -3.79. The van der Waals surface area contributed by atoms with E-state index in [-0.39, 0.29) is 31.0 Å². The number of rotatable bonds is 13. The Labute approximate surface area is 197 Å². The molecule has 3 N–H and O–H groups in total. The average molecular weight is 483 g/mol. The molecule has 1 amide bonds. The number of aryl methyl sites for hydroxylation is 1. The first kappa shape index (κ1) is 27.7. The number of aliphatic hydroxyl groups excluding tert-OH is 2. The Balaban J connectivity index is 1.92. The van der Waals surface area contributed by atoms with Crippen LogP contribution in [0.5, 0.6) is 0 Å². The second kappa shape index (κ2) is 13.4. The van der Waals surface area contributed by atoms with E-state index in [1.807, 2.05) is 42.5 Å². The molecule has 1 fully saturated rings. The van der Waals surface area contributed by atoms with Gasteiger partial charge in [-0.05, 0) is 43.6 Å². The third-order valence-electron chi connectivity index (χ3n) is 6.32. The molecule has 0 saturated heterocycles. The molecule has 9 heteroatoms. The summed E-state index contributed by atoms with van der Waals surface area (Å²) < 4.78 is 13.0. The number of benzene rings is 1. The molecule has 186 valence electrons. The number of nitrogens with zero attached hydrogens (tertiary/aromatic N) is 2. The number of hydrogen-bond acceptors (Lipinski definition) is 5. The quantitative estimate of drug-likeness (QED) is 0.172. The molecule has 8 nitrogen and oxygen atoms in total. The number of unbranched alkanes of at least 4 members (excludes halogenated alkanes) is 1. The largest absolute Gasteiger partial charge is 0.393 e. The van der Waals surface area contributed by atoms with Crippen LogP contribution < -0.4 is 0 Å². The van der Waals surface area contributed by atoms with Gasteiger partial charge in [0.05, 0.1) is 19.3 Å². The predicted octanol–water partition coefficient (Wildman–Crippen LogP) is 2.84. The van der Waals surface area contributed by atoms with Crippen molar-refractivity contribution in [3.05, 3.63) is 48.0 Å². The SMILES string of the molecule is CON(C[C@@H]1C(CC=CCCCC(=O)N(C)C)[C@@H](O)C[C@H]1O)P(=O)(O)CCc1ccccc1. The van der Waals surface area contributed by atoms with Gasteiger partial charge in [-0.3, -0.25) is 14.2 Å². The highest BCUT2D eigenvalue weighted by molar-refractivity contribution is 7.55. The normalized spacial score (nSPS) is 24.9. The summed E-state index contributed by atoms with van der Waals surface area (Å²) in [5.41, 5.74) is 0.967. The molecule has 2 rings (SSSR count). The number of allylic oxidation sites excluding steroid dienone is 2. The second-order valence-electron chi connectivity index (χ2n) is 8.93. The van der Waals surface area contributed by atoms with Crippen LogP contribution in [0.3, 0.4) is 0 Å². The fourth-order valence-electron chi connectivity index (χ4n) is 4.26. The van der Waals surface area contributed by atoms with Crippen molar-refractivity contribution < 1.29 is 29.3 Å². The van der Waals surface area contributed by atoms with Crippen LogP contribution in [-0.2, 0) is 20.6 Å². The molecule has 1 aromatic rings. The molecule has 1 saturated carbocycles. The first-order valence-corrected chi connectivity index (χ1v) is 13.3. The fraction of sp³-hybridized carbons (Fsp3) is 0.625. The van der Waals surface area contributed by atoms with Gasteiger partial charge in [-0.2, -0.15) is 0 Å². The molecule has 1 aromatic carbocycles. The van der Waals surface area contributed by atoms with Gasteiger partial charge in [-0.15, -0.1) is 4.83 Å². The predicted molar refractivity (Wildman–Crippen MR) is 128 cm³/mol. The number of carbonyl (C=O) groups excluding carboxylic acids is 1. The molecule has 0 aromatic heterocycles. The molecular formula is C24H39N2O6P.